The number of carbonyl (C=O) groups is 1. The van der Waals surface area contributed by atoms with Crippen LogP contribution in [0.2, 0.25) is 0 Å². The molecule has 1 N–H and O–H groups in total. The van der Waals surface area contributed by atoms with Crippen molar-refractivity contribution < 1.29 is 9.53 Å². The average Bonchev–Trinajstić information content (AvgIpc) is 2.45. The quantitative estimate of drug-likeness (QED) is 0.865. The highest BCUT2D eigenvalue weighted by atomic mass is 16.5. The van der Waals surface area contributed by atoms with E-state index in [-0.39, 0.29) is 5.97 Å². The summed E-state index contributed by atoms with van der Waals surface area (Å²) in [6.45, 7) is 4.42. The SMILES string of the molecule is COC(=O)c1ccc(NCc2ccnc(C)n2)c(C)c1. The predicted molar refractivity (Wildman–Crippen MR) is 76.6 cm³/mol. The number of nitrogens with one attached hydrogen (secondary N) is 1. The van der Waals surface area contributed by atoms with E-state index < -0.39 is 0 Å². The smallest absolute Gasteiger partial charge is 0.337 e. The van der Waals surface area contributed by atoms with Crippen LogP contribution in [0.25, 0.3) is 0 Å². The molecule has 1 aromatic heterocycles. The summed E-state index contributed by atoms with van der Waals surface area (Å²) in [5.41, 5.74) is 3.43. The van der Waals surface area contributed by atoms with Crippen molar-refractivity contribution in [3.8, 4) is 0 Å². The van der Waals surface area contributed by atoms with E-state index in [1.807, 2.05) is 26.0 Å². The summed E-state index contributed by atoms with van der Waals surface area (Å²) in [5, 5.41) is 3.30. The van der Waals surface area contributed by atoms with Gasteiger partial charge in [-0.2, -0.15) is 0 Å². The Kier molecular flexibility index (Phi) is 4.30. The minimum atomic E-state index is -0.328. The Labute approximate surface area is 118 Å². The van der Waals surface area contributed by atoms with Crippen molar-refractivity contribution in [1.29, 1.82) is 0 Å². The van der Waals surface area contributed by atoms with E-state index in [0.717, 1.165) is 22.8 Å². The van der Waals surface area contributed by atoms with Crippen LogP contribution >= 0.6 is 0 Å². The highest BCUT2D eigenvalue weighted by Gasteiger charge is 2.07. The normalized spacial score (nSPS) is 10.2. The Morgan fingerprint density at radius 1 is 1.30 bits per heavy atom. The maximum atomic E-state index is 11.4. The lowest BCUT2D eigenvalue weighted by Gasteiger charge is -2.10. The maximum absolute atomic E-state index is 11.4. The van der Waals surface area contributed by atoms with Crippen molar-refractivity contribution in [1.82, 2.24) is 9.97 Å². The Bertz CT molecular complexity index is 626. The fraction of sp³-hybridized carbons (Fsp3) is 0.267. The van der Waals surface area contributed by atoms with Crippen molar-refractivity contribution in [2.45, 2.75) is 20.4 Å². The van der Waals surface area contributed by atoms with Crippen LogP contribution in [0.4, 0.5) is 5.69 Å². The van der Waals surface area contributed by atoms with Gasteiger partial charge in [0.05, 0.1) is 24.9 Å². The molecule has 104 valence electrons. The Balaban J connectivity index is 2.08. The number of benzene rings is 1. The Morgan fingerprint density at radius 2 is 2.10 bits per heavy atom. The fourth-order valence-electron chi connectivity index (χ4n) is 1.90. The number of carbonyl (C=O) groups excluding carboxylic acids is 1. The maximum Gasteiger partial charge on any atom is 0.337 e. The highest BCUT2D eigenvalue weighted by molar-refractivity contribution is 5.90. The van der Waals surface area contributed by atoms with E-state index in [2.05, 4.69) is 15.3 Å². The molecule has 20 heavy (non-hydrogen) atoms. The number of hydrogen-bond donors (Lipinski definition) is 1. The van der Waals surface area contributed by atoms with Crippen molar-refractivity contribution >= 4 is 11.7 Å². The van der Waals surface area contributed by atoms with Crippen LogP contribution in [-0.4, -0.2) is 23.0 Å². The summed E-state index contributed by atoms with van der Waals surface area (Å²) in [4.78, 5) is 19.8. The number of hydrogen-bond acceptors (Lipinski definition) is 5. The first-order chi connectivity index (χ1) is 9.60. The van der Waals surface area contributed by atoms with Crippen LogP contribution in [-0.2, 0) is 11.3 Å². The van der Waals surface area contributed by atoms with E-state index in [1.165, 1.54) is 7.11 Å². The third-order valence-electron chi connectivity index (χ3n) is 2.94. The molecule has 0 atom stereocenters. The van der Waals surface area contributed by atoms with Gasteiger partial charge in [-0.1, -0.05) is 0 Å². The molecule has 1 aromatic carbocycles. The van der Waals surface area contributed by atoms with Gasteiger partial charge in [0.25, 0.3) is 0 Å². The summed E-state index contributed by atoms with van der Waals surface area (Å²) in [5.74, 6) is 0.424. The topological polar surface area (TPSA) is 64.1 Å². The van der Waals surface area contributed by atoms with E-state index >= 15 is 0 Å². The lowest BCUT2D eigenvalue weighted by Crippen LogP contribution is -2.06. The molecular formula is C15H17N3O2. The lowest BCUT2D eigenvalue weighted by molar-refractivity contribution is 0.0600. The first-order valence-electron chi connectivity index (χ1n) is 6.31. The molecule has 5 nitrogen and oxygen atoms in total. The molecule has 1 heterocycles. The van der Waals surface area contributed by atoms with Gasteiger partial charge in [-0.25, -0.2) is 14.8 Å². The first-order valence-corrected chi connectivity index (χ1v) is 6.31. The standard InChI is InChI=1S/C15H17N3O2/c1-10-8-12(15(19)20-3)4-5-14(10)17-9-13-6-7-16-11(2)18-13/h4-8,17H,9H2,1-3H3. The number of aryl methyl sites for hydroxylation is 2. The van der Waals surface area contributed by atoms with Crippen LogP contribution in [0.3, 0.4) is 0 Å². The molecule has 0 bridgehead atoms. The molecule has 5 heteroatoms. The molecule has 2 rings (SSSR count). The fourth-order valence-corrected chi connectivity index (χ4v) is 1.90. The summed E-state index contributed by atoms with van der Waals surface area (Å²) < 4.78 is 4.70. The van der Waals surface area contributed by atoms with Crippen LogP contribution in [0, 0.1) is 13.8 Å². The molecule has 0 aliphatic heterocycles. The Hall–Kier alpha value is -2.43. The van der Waals surface area contributed by atoms with E-state index in [9.17, 15) is 4.79 Å². The van der Waals surface area contributed by atoms with E-state index in [0.29, 0.717) is 12.1 Å². The predicted octanol–water partition coefficient (Wildman–Crippen LogP) is 2.49. The van der Waals surface area contributed by atoms with Gasteiger partial charge in [0.1, 0.15) is 5.82 Å². The first kappa shape index (κ1) is 14.0. The zero-order valence-corrected chi connectivity index (χ0v) is 11.8. The number of aromatic nitrogens is 2. The molecule has 0 fully saturated rings. The van der Waals surface area contributed by atoms with Gasteiger partial charge < -0.3 is 10.1 Å². The summed E-state index contributed by atoms with van der Waals surface area (Å²) in [6.07, 6.45) is 1.74. The minimum absolute atomic E-state index is 0.328. The molecule has 0 aliphatic rings. The highest BCUT2D eigenvalue weighted by Crippen LogP contribution is 2.17. The van der Waals surface area contributed by atoms with Gasteiger partial charge in [-0.05, 0) is 43.7 Å². The summed E-state index contributed by atoms with van der Waals surface area (Å²) in [7, 11) is 1.38. The van der Waals surface area contributed by atoms with E-state index in [1.54, 1.807) is 18.3 Å². The van der Waals surface area contributed by atoms with Crippen LogP contribution in [0.1, 0.15) is 27.4 Å². The second-order valence-corrected chi connectivity index (χ2v) is 4.47. The zero-order valence-electron chi connectivity index (χ0n) is 11.8. The van der Waals surface area contributed by atoms with Gasteiger partial charge >= 0.3 is 5.97 Å². The van der Waals surface area contributed by atoms with Gasteiger partial charge in [-0.3, -0.25) is 0 Å². The van der Waals surface area contributed by atoms with Gasteiger partial charge in [-0.15, -0.1) is 0 Å². The number of esters is 1. The lowest BCUT2D eigenvalue weighted by atomic mass is 10.1. The van der Waals surface area contributed by atoms with Crippen molar-refractivity contribution in [3.63, 3.8) is 0 Å². The molecule has 0 aliphatic carbocycles. The van der Waals surface area contributed by atoms with Crippen molar-refractivity contribution in [2.24, 2.45) is 0 Å². The molecule has 0 saturated heterocycles. The molecule has 0 radical (unpaired) electrons. The van der Waals surface area contributed by atoms with Crippen LogP contribution in [0.5, 0.6) is 0 Å². The number of nitrogens with zero attached hydrogens (tertiary/aromatic N) is 2. The molecule has 0 spiro atoms. The Morgan fingerprint density at radius 3 is 2.75 bits per heavy atom. The number of rotatable bonds is 4. The third-order valence-corrected chi connectivity index (χ3v) is 2.94. The average molecular weight is 271 g/mol. The van der Waals surface area contributed by atoms with Crippen LogP contribution in [0.15, 0.2) is 30.5 Å². The second kappa shape index (κ2) is 6.14. The number of anilines is 1. The van der Waals surface area contributed by atoms with Crippen molar-refractivity contribution in [3.05, 3.63) is 53.1 Å². The molecule has 0 saturated carbocycles. The molecule has 2 aromatic rings. The van der Waals surface area contributed by atoms with Gasteiger partial charge in [0, 0.05) is 11.9 Å². The molecular weight excluding hydrogens is 254 g/mol. The summed E-state index contributed by atoms with van der Waals surface area (Å²) >= 11 is 0. The largest absolute Gasteiger partial charge is 0.465 e. The van der Waals surface area contributed by atoms with Gasteiger partial charge in [0.2, 0.25) is 0 Å². The van der Waals surface area contributed by atoms with Crippen LogP contribution < -0.4 is 5.32 Å². The number of methoxy groups -OCH3 is 1. The third kappa shape index (κ3) is 3.32. The monoisotopic (exact) mass is 271 g/mol. The summed E-state index contributed by atoms with van der Waals surface area (Å²) in [6, 6.07) is 7.29. The zero-order chi connectivity index (χ0) is 14.5. The second-order valence-electron chi connectivity index (χ2n) is 4.47. The van der Waals surface area contributed by atoms with Gasteiger partial charge in [0.15, 0.2) is 0 Å². The minimum Gasteiger partial charge on any atom is -0.465 e. The molecule has 0 unspecified atom stereocenters. The molecule has 0 amide bonds. The van der Waals surface area contributed by atoms with E-state index in [4.69, 9.17) is 4.74 Å². The van der Waals surface area contributed by atoms with Crippen molar-refractivity contribution in [2.75, 3.05) is 12.4 Å². The number of ether oxygens (including phenoxy) is 1.